The monoisotopic (exact) mass is 248 g/mol. The summed E-state index contributed by atoms with van der Waals surface area (Å²) in [7, 11) is 0. The maximum atomic E-state index is 11.7. The second kappa shape index (κ2) is 6.28. The minimum absolute atomic E-state index is 0.0131. The first kappa shape index (κ1) is 12.7. The van der Waals surface area contributed by atoms with Gasteiger partial charge in [0.25, 0.3) is 0 Å². The van der Waals surface area contributed by atoms with E-state index in [0.717, 1.165) is 50.4 Å². The van der Waals surface area contributed by atoms with Crippen LogP contribution in [-0.2, 0) is 0 Å². The minimum Gasteiger partial charge on any atom is -0.494 e. The zero-order chi connectivity index (χ0) is 12.8. The van der Waals surface area contributed by atoms with E-state index in [9.17, 15) is 4.79 Å². The van der Waals surface area contributed by atoms with Crippen LogP contribution in [0.1, 0.15) is 26.2 Å². The molecule has 0 spiro atoms. The van der Waals surface area contributed by atoms with Crippen LogP contribution in [0.5, 0.6) is 5.75 Å². The van der Waals surface area contributed by atoms with E-state index in [2.05, 4.69) is 12.2 Å². The number of ether oxygens (including phenoxy) is 1. The molecule has 98 valence electrons. The Morgan fingerprint density at radius 2 is 2.06 bits per heavy atom. The van der Waals surface area contributed by atoms with Crippen LogP contribution in [0.3, 0.4) is 0 Å². The second-order valence-electron chi connectivity index (χ2n) is 4.50. The van der Waals surface area contributed by atoms with E-state index >= 15 is 0 Å². The number of carbonyl (C=O) groups excluding carboxylic acids is 1. The molecule has 0 unspecified atom stereocenters. The molecule has 18 heavy (non-hydrogen) atoms. The highest BCUT2D eigenvalue weighted by Crippen LogP contribution is 2.17. The van der Waals surface area contributed by atoms with Gasteiger partial charge in [-0.1, -0.05) is 13.3 Å². The van der Waals surface area contributed by atoms with Crippen LogP contribution in [0.2, 0.25) is 0 Å². The molecule has 1 N–H and O–H groups in total. The van der Waals surface area contributed by atoms with E-state index in [0.29, 0.717) is 0 Å². The van der Waals surface area contributed by atoms with Crippen molar-refractivity contribution in [3.63, 3.8) is 0 Å². The molecule has 4 heteroatoms. The van der Waals surface area contributed by atoms with E-state index in [4.69, 9.17) is 4.74 Å². The molecule has 0 bridgehead atoms. The summed E-state index contributed by atoms with van der Waals surface area (Å²) in [6, 6.07) is 7.52. The quantitative estimate of drug-likeness (QED) is 0.813. The van der Waals surface area contributed by atoms with Crippen molar-refractivity contribution in [2.75, 3.05) is 25.0 Å². The topological polar surface area (TPSA) is 41.6 Å². The molecule has 4 nitrogen and oxygen atoms in total. The highest BCUT2D eigenvalue weighted by Gasteiger charge is 2.19. The van der Waals surface area contributed by atoms with E-state index in [1.165, 1.54) is 0 Å². The Balaban J connectivity index is 1.81. The number of rotatable bonds is 5. The van der Waals surface area contributed by atoms with Gasteiger partial charge in [-0.2, -0.15) is 0 Å². The first-order valence-electron chi connectivity index (χ1n) is 6.58. The number of nitrogens with one attached hydrogen (secondary N) is 1. The van der Waals surface area contributed by atoms with Gasteiger partial charge < -0.3 is 15.0 Å². The van der Waals surface area contributed by atoms with Gasteiger partial charge in [0, 0.05) is 18.8 Å². The van der Waals surface area contributed by atoms with Gasteiger partial charge in [0.15, 0.2) is 0 Å². The number of likely N-dealkylation sites (tertiary alicyclic amines) is 1. The largest absolute Gasteiger partial charge is 0.494 e. The number of hydrogen-bond acceptors (Lipinski definition) is 2. The summed E-state index contributed by atoms with van der Waals surface area (Å²) < 4.78 is 5.56. The number of hydrogen-bond donors (Lipinski definition) is 1. The Morgan fingerprint density at radius 3 is 2.61 bits per heavy atom. The van der Waals surface area contributed by atoms with Crippen molar-refractivity contribution in [2.45, 2.75) is 26.2 Å². The smallest absolute Gasteiger partial charge is 0.321 e. The van der Waals surface area contributed by atoms with Crippen LogP contribution in [0.25, 0.3) is 0 Å². The average molecular weight is 248 g/mol. The molecule has 1 heterocycles. The molecule has 1 aromatic rings. The maximum Gasteiger partial charge on any atom is 0.321 e. The third kappa shape index (κ3) is 3.39. The van der Waals surface area contributed by atoms with Crippen molar-refractivity contribution in [2.24, 2.45) is 0 Å². The summed E-state index contributed by atoms with van der Waals surface area (Å²) in [4.78, 5) is 13.5. The van der Waals surface area contributed by atoms with Gasteiger partial charge in [0.2, 0.25) is 0 Å². The van der Waals surface area contributed by atoms with Gasteiger partial charge in [-0.15, -0.1) is 0 Å². The standard InChI is InChI=1S/C14H20N2O2/c1-2-3-11-18-13-7-5-12(6-8-13)15-14(17)16-9-4-10-16/h5-8H,2-4,9-11H2,1H3,(H,15,17). The Hall–Kier alpha value is -1.71. The first-order chi connectivity index (χ1) is 8.79. The minimum atomic E-state index is -0.0131. The summed E-state index contributed by atoms with van der Waals surface area (Å²) in [6.45, 7) is 4.61. The summed E-state index contributed by atoms with van der Waals surface area (Å²) in [5.74, 6) is 0.852. The molecule has 0 radical (unpaired) electrons. The fourth-order valence-corrected chi connectivity index (χ4v) is 1.69. The Bertz CT molecular complexity index is 385. The second-order valence-corrected chi connectivity index (χ2v) is 4.50. The lowest BCUT2D eigenvalue weighted by Crippen LogP contribution is -2.44. The number of anilines is 1. The number of urea groups is 1. The Morgan fingerprint density at radius 1 is 1.33 bits per heavy atom. The zero-order valence-corrected chi connectivity index (χ0v) is 10.8. The summed E-state index contributed by atoms with van der Waals surface area (Å²) in [5.41, 5.74) is 0.815. The molecule has 2 rings (SSSR count). The maximum absolute atomic E-state index is 11.7. The molecule has 0 saturated carbocycles. The van der Waals surface area contributed by atoms with Gasteiger partial charge in [-0.05, 0) is 37.1 Å². The lowest BCUT2D eigenvalue weighted by atomic mass is 10.2. The van der Waals surface area contributed by atoms with Gasteiger partial charge in [-0.25, -0.2) is 4.79 Å². The van der Waals surface area contributed by atoms with Crippen LogP contribution in [-0.4, -0.2) is 30.6 Å². The molecule has 1 saturated heterocycles. The van der Waals surface area contributed by atoms with E-state index in [1.807, 2.05) is 24.3 Å². The number of carbonyl (C=O) groups is 1. The normalized spacial score (nSPS) is 13.9. The molecular formula is C14H20N2O2. The zero-order valence-electron chi connectivity index (χ0n) is 10.8. The molecule has 0 aliphatic carbocycles. The molecule has 2 amide bonds. The summed E-state index contributed by atoms with van der Waals surface area (Å²) in [6.07, 6.45) is 3.30. The lowest BCUT2D eigenvalue weighted by molar-refractivity contribution is 0.181. The number of unbranched alkanes of at least 4 members (excludes halogenated alkanes) is 1. The first-order valence-corrected chi connectivity index (χ1v) is 6.58. The van der Waals surface area contributed by atoms with Crippen molar-refractivity contribution in [3.05, 3.63) is 24.3 Å². The average Bonchev–Trinajstić information content (AvgIpc) is 2.29. The van der Waals surface area contributed by atoms with Gasteiger partial charge >= 0.3 is 6.03 Å². The highest BCUT2D eigenvalue weighted by atomic mass is 16.5. The summed E-state index contributed by atoms with van der Waals surface area (Å²) >= 11 is 0. The number of nitrogens with zero attached hydrogens (tertiary/aromatic N) is 1. The van der Waals surface area contributed by atoms with Gasteiger partial charge in [0.1, 0.15) is 5.75 Å². The van der Waals surface area contributed by atoms with Crippen LogP contribution in [0.4, 0.5) is 10.5 Å². The number of amides is 2. The lowest BCUT2D eigenvalue weighted by Gasteiger charge is -2.30. The van der Waals surface area contributed by atoms with Crippen molar-refractivity contribution in [1.29, 1.82) is 0 Å². The SMILES string of the molecule is CCCCOc1ccc(NC(=O)N2CCC2)cc1. The predicted molar refractivity (Wildman–Crippen MR) is 72.1 cm³/mol. The van der Waals surface area contributed by atoms with Gasteiger partial charge in [-0.3, -0.25) is 0 Å². The molecule has 1 aromatic carbocycles. The fourth-order valence-electron chi connectivity index (χ4n) is 1.69. The number of benzene rings is 1. The Labute approximate surface area is 108 Å². The van der Waals surface area contributed by atoms with Crippen molar-refractivity contribution in [3.8, 4) is 5.75 Å². The van der Waals surface area contributed by atoms with Crippen LogP contribution >= 0.6 is 0 Å². The van der Waals surface area contributed by atoms with Crippen LogP contribution < -0.4 is 10.1 Å². The van der Waals surface area contributed by atoms with Gasteiger partial charge in [0.05, 0.1) is 6.61 Å². The molecule has 0 atom stereocenters. The van der Waals surface area contributed by atoms with E-state index in [1.54, 1.807) is 4.90 Å². The Kier molecular flexibility index (Phi) is 4.45. The van der Waals surface area contributed by atoms with Crippen LogP contribution in [0, 0.1) is 0 Å². The molecule has 0 aromatic heterocycles. The third-order valence-electron chi connectivity index (χ3n) is 3.02. The van der Waals surface area contributed by atoms with Crippen molar-refractivity contribution >= 4 is 11.7 Å². The molecule has 1 fully saturated rings. The van der Waals surface area contributed by atoms with Crippen LogP contribution in [0.15, 0.2) is 24.3 Å². The van der Waals surface area contributed by atoms with Crippen molar-refractivity contribution in [1.82, 2.24) is 4.90 Å². The fraction of sp³-hybridized carbons (Fsp3) is 0.500. The molecular weight excluding hydrogens is 228 g/mol. The van der Waals surface area contributed by atoms with E-state index < -0.39 is 0 Å². The molecule has 1 aliphatic rings. The highest BCUT2D eigenvalue weighted by molar-refractivity contribution is 5.89. The summed E-state index contributed by atoms with van der Waals surface area (Å²) in [5, 5.41) is 2.87. The third-order valence-corrected chi connectivity index (χ3v) is 3.02. The van der Waals surface area contributed by atoms with Crippen molar-refractivity contribution < 1.29 is 9.53 Å². The van der Waals surface area contributed by atoms with E-state index in [-0.39, 0.29) is 6.03 Å². The molecule has 1 aliphatic heterocycles. The predicted octanol–water partition coefficient (Wildman–Crippen LogP) is 3.10.